The highest BCUT2D eigenvalue weighted by molar-refractivity contribution is 6.29. The van der Waals surface area contributed by atoms with E-state index in [1.54, 1.807) is 0 Å². The van der Waals surface area contributed by atoms with E-state index in [1.807, 2.05) is 19.1 Å². The highest BCUT2D eigenvalue weighted by Crippen LogP contribution is 2.23. The molecule has 2 rings (SSSR count). The average molecular weight is 268 g/mol. The van der Waals surface area contributed by atoms with E-state index in [2.05, 4.69) is 29.2 Å². The molecule has 0 amide bonds. The van der Waals surface area contributed by atoms with Crippen molar-refractivity contribution in [2.75, 3.05) is 25.5 Å². The number of nitrogens with zero attached hydrogens (tertiary/aromatic N) is 2. The second kappa shape index (κ2) is 5.89. The number of hydrogen-bond donors (Lipinski definition) is 1. The number of aryl methyl sites for hydroxylation is 1. The van der Waals surface area contributed by atoms with Crippen molar-refractivity contribution in [3.05, 3.63) is 23.0 Å². The number of likely N-dealkylation sites (tertiary alicyclic amines) is 1. The molecule has 4 heteroatoms. The molecule has 2 atom stereocenters. The van der Waals surface area contributed by atoms with E-state index in [1.165, 1.54) is 25.9 Å². The van der Waals surface area contributed by atoms with E-state index in [4.69, 9.17) is 11.6 Å². The van der Waals surface area contributed by atoms with Gasteiger partial charge in [0.15, 0.2) is 0 Å². The van der Waals surface area contributed by atoms with Gasteiger partial charge in [-0.15, -0.1) is 0 Å². The molecule has 0 radical (unpaired) electrons. The molecule has 1 aromatic rings. The number of halogens is 1. The van der Waals surface area contributed by atoms with E-state index in [9.17, 15) is 0 Å². The van der Waals surface area contributed by atoms with E-state index < -0.39 is 0 Å². The summed E-state index contributed by atoms with van der Waals surface area (Å²) in [5.41, 5.74) is 2.07. The maximum atomic E-state index is 5.88. The maximum Gasteiger partial charge on any atom is 0.129 e. The van der Waals surface area contributed by atoms with Crippen molar-refractivity contribution in [2.45, 2.75) is 32.7 Å². The molecule has 0 aromatic carbocycles. The second-order valence-electron chi connectivity index (χ2n) is 5.36. The summed E-state index contributed by atoms with van der Waals surface area (Å²) in [6.07, 6.45) is 2.60. The van der Waals surface area contributed by atoms with Crippen LogP contribution in [-0.4, -0.2) is 36.1 Å². The molecule has 100 valence electrons. The Morgan fingerprint density at radius 1 is 1.50 bits per heavy atom. The van der Waals surface area contributed by atoms with E-state index in [0.717, 1.165) is 11.4 Å². The highest BCUT2D eigenvalue weighted by Gasteiger charge is 2.22. The SMILES string of the molecule is Cc1nc(Cl)ccc1NC(C)C1CCCN(C)C1. The fourth-order valence-electron chi connectivity index (χ4n) is 2.66. The van der Waals surface area contributed by atoms with Crippen LogP contribution in [0.4, 0.5) is 5.69 Å². The van der Waals surface area contributed by atoms with Gasteiger partial charge in [-0.2, -0.15) is 0 Å². The maximum absolute atomic E-state index is 5.88. The number of piperidine rings is 1. The zero-order valence-corrected chi connectivity index (χ0v) is 12.2. The number of aromatic nitrogens is 1. The number of anilines is 1. The lowest BCUT2D eigenvalue weighted by atomic mass is 9.91. The Kier molecular flexibility index (Phi) is 4.46. The Balaban J connectivity index is 1.99. The predicted octanol–water partition coefficient (Wildman–Crippen LogP) is 3.19. The number of nitrogens with one attached hydrogen (secondary N) is 1. The third-order valence-corrected chi connectivity index (χ3v) is 4.01. The van der Waals surface area contributed by atoms with Crippen molar-refractivity contribution in [2.24, 2.45) is 5.92 Å². The van der Waals surface area contributed by atoms with E-state index in [0.29, 0.717) is 17.1 Å². The molecule has 0 aliphatic carbocycles. The van der Waals surface area contributed by atoms with Gasteiger partial charge in [0.2, 0.25) is 0 Å². The molecule has 1 aromatic heterocycles. The van der Waals surface area contributed by atoms with Crippen LogP contribution in [0, 0.1) is 12.8 Å². The topological polar surface area (TPSA) is 28.2 Å². The van der Waals surface area contributed by atoms with Gasteiger partial charge in [0, 0.05) is 12.6 Å². The van der Waals surface area contributed by atoms with Crippen molar-refractivity contribution in [3.8, 4) is 0 Å². The second-order valence-corrected chi connectivity index (χ2v) is 5.75. The first-order chi connectivity index (χ1) is 8.56. The molecule has 3 nitrogen and oxygen atoms in total. The van der Waals surface area contributed by atoms with Crippen LogP contribution in [0.1, 0.15) is 25.5 Å². The Labute approximate surface area is 115 Å². The van der Waals surface area contributed by atoms with Crippen molar-refractivity contribution in [1.29, 1.82) is 0 Å². The Morgan fingerprint density at radius 2 is 2.28 bits per heavy atom. The molecule has 1 aliphatic rings. The Hall–Kier alpha value is -0.800. The first-order valence-electron chi connectivity index (χ1n) is 6.64. The molecular formula is C14H22ClN3. The lowest BCUT2D eigenvalue weighted by molar-refractivity contribution is 0.197. The van der Waals surface area contributed by atoms with Gasteiger partial charge in [-0.25, -0.2) is 4.98 Å². The summed E-state index contributed by atoms with van der Waals surface area (Å²) in [6.45, 7) is 6.66. The van der Waals surface area contributed by atoms with Crippen LogP contribution in [0.15, 0.2) is 12.1 Å². The van der Waals surface area contributed by atoms with Crippen LogP contribution >= 0.6 is 11.6 Å². The minimum absolute atomic E-state index is 0.467. The van der Waals surface area contributed by atoms with Gasteiger partial charge < -0.3 is 10.2 Å². The molecular weight excluding hydrogens is 246 g/mol. The Morgan fingerprint density at radius 3 is 2.94 bits per heavy atom. The van der Waals surface area contributed by atoms with E-state index >= 15 is 0 Å². The molecule has 2 unspecified atom stereocenters. The molecule has 0 spiro atoms. The van der Waals surface area contributed by atoms with Crippen molar-refractivity contribution < 1.29 is 0 Å². The number of rotatable bonds is 3. The molecule has 0 bridgehead atoms. The van der Waals surface area contributed by atoms with Crippen LogP contribution in [0.2, 0.25) is 5.15 Å². The van der Waals surface area contributed by atoms with Crippen LogP contribution in [0.5, 0.6) is 0 Å². The van der Waals surface area contributed by atoms with Crippen molar-refractivity contribution in [1.82, 2.24) is 9.88 Å². The molecule has 1 N–H and O–H groups in total. The zero-order chi connectivity index (χ0) is 13.1. The molecule has 2 heterocycles. The fourth-order valence-corrected chi connectivity index (χ4v) is 2.85. The van der Waals surface area contributed by atoms with Gasteiger partial charge in [0.1, 0.15) is 5.15 Å². The number of pyridine rings is 1. The number of hydrogen-bond acceptors (Lipinski definition) is 3. The molecule has 18 heavy (non-hydrogen) atoms. The smallest absolute Gasteiger partial charge is 0.129 e. The minimum Gasteiger partial charge on any atom is -0.381 e. The van der Waals surface area contributed by atoms with Gasteiger partial charge in [0.05, 0.1) is 11.4 Å². The fraction of sp³-hybridized carbons (Fsp3) is 0.643. The monoisotopic (exact) mass is 267 g/mol. The van der Waals surface area contributed by atoms with Crippen LogP contribution in [-0.2, 0) is 0 Å². The minimum atomic E-state index is 0.467. The molecule has 1 saturated heterocycles. The first kappa shape index (κ1) is 13.6. The molecule has 1 aliphatic heterocycles. The first-order valence-corrected chi connectivity index (χ1v) is 7.02. The Bertz CT molecular complexity index is 408. The third-order valence-electron chi connectivity index (χ3n) is 3.80. The highest BCUT2D eigenvalue weighted by atomic mass is 35.5. The van der Waals surface area contributed by atoms with Crippen LogP contribution in [0.25, 0.3) is 0 Å². The summed E-state index contributed by atoms with van der Waals surface area (Å²) in [5.74, 6) is 0.707. The van der Waals surface area contributed by atoms with Gasteiger partial charge in [-0.05, 0) is 58.3 Å². The zero-order valence-electron chi connectivity index (χ0n) is 11.4. The van der Waals surface area contributed by atoms with Gasteiger partial charge in [0.25, 0.3) is 0 Å². The van der Waals surface area contributed by atoms with Crippen LogP contribution in [0.3, 0.4) is 0 Å². The van der Waals surface area contributed by atoms with Gasteiger partial charge in [-0.3, -0.25) is 0 Å². The van der Waals surface area contributed by atoms with Gasteiger partial charge >= 0.3 is 0 Å². The molecule has 0 saturated carbocycles. The normalized spacial score (nSPS) is 22.8. The summed E-state index contributed by atoms with van der Waals surface area (Å²) in [6, 6.07) is 4.33. The standard InChI is InChI=1S/C14H22ClN3/c1-10(12-5-4-8-18(3)9-12)16-13-6-7-14(15)17-11(13)2/h6-7,10,12,16H,4-5,8-9H2,1-3H3. The lowest BCUT2D eigenvalue weighted by Gasteiger charge is -2.34. The van der Waals surface area contributed by atoms with Crippen LogP contribution < -0.4 is 5.32 Å². The molecule has 1 fully saturated rings. The quantitative estimate of drug-likeness (QED) is 0.853. The summed E-state index contributed by atoms with van der Waals surface area (Å²) in [5, 5.41) is 4.14. The summed E-state index contributed by atoms with van der Waals surface area (Å²) in [7, 11) is 2.20. The van der Waals surface area contributed by atoms with Crippen molar-refractivity contribution in [3.63, 3.8) is 0 Å². The van der Waals surface area contributed by atoms with Gasteiger partial charge in [-0.1, -0.05) is 11.6 Å². The lowest BCUT2D eigenvalue weighted by Crippen LogP contribution is -2.40. The summed E-state index contributed by atoms with van der Waals surface area (Å²) in [4.78, 5) is 6.70. The van der Waals surface area contributed by atoms with Crippen molar-refractivity contribution >= 4 is 17.3 Å². The predicted molar refractivity (Wildman–Crippen MR) is 77.3 cm³/mol. The third kappa shape index (κ3) is 3.36. The summed E-state index contributed by atoms with van der Waals surface area (Å²) >= 11 is 5.88. The van der Waals surface area contributed by atoms with E-state index in [-0.39, 0.29) is 0 Å². The summed E-state index contributed by atoms with van der Waals surface area (Å²) < 4.78 is 0. The average Bonchev–Trinajstić information content (AvgIpc) is 2.32. The largest absolute Gasteiger partial charge is 0.381 e.